The largest absolute Gasteiger partial charge is 0.480 e. The zero-order chi connectivity index (χ0) is 32.8. The predicted octanol–water partition coefficient (Wildman–Crippen LogP) is -1.27. The zero-order valence-electron chi connectivity index (χ0n) is 25.0. The molecular formula is C29H43N11O5. The lowest BCUT2D eigenvalue weighted by Crippen LogP contribution is -2.57. The van der Waals surface area contributed by atoms with Gasteiger partial charge >= 0.3 is 5.97 Å². The summed E-state index contributed by atoms with van der Waals surface area (Å²) < 4.78 is 0. The number of nitrogens with one attached hydrogen (secondary N) is 5. The topological polar surface area (TPSA) is 286 Å². The molecule has 0 bridgehead atoms. The highest BCUT2D eigenvalue weighted by atomic mass is 16.4. The number of amides is 3. The summed E-state index contributed by atoms with van der Waals surface area (Å²) in [6.45, 7) is 0.691. The molecule has 0 saturated carbocycles. The van der Waals surface area contributed by atoms with Crippen LogP contribution in [0.4, 0.5) is 0 Å². The fourth-order valence-corrected chi connectivity index (χ4v) is 4.78. The number of nitrogens with zero attached hydrogens (tertiary/aromatic N) is 2. The number of carboxylic acids is 1. The molecule has 45 heavy (non-hydrogen) atoms. The molecule has 3 aromatic rings. The SMILES string of the molecule is NCCCCC(NC(=O)C(N)CCCN=C(N)N)C(=O)NC(Cc1cnc[nH]1)C(=O)NC(Cc1c[nH]c2ccccc12)C(=O)O. The number of imidazole rings is 1. The van der Waals surface area contributed by atoms with Gasteiger partial charge in [-0.1, -0.05) is 18.2 Å². The third-order valence-electron chi connectivity index (χ3n) is 7.21. The van der Waals surface area contributed by atoms with Crippen molar-refractivity contribution in [3.05, 3.63) is 54.2 Å². The average Bonchev–Trinajstić information content (AvgIpc) is 3.68. The number of unbranched alkanes of at least 4 members (excludes halogenated alkanes) is 1. The second-order valence-corrected chi connectivity index (χ2v) is 10.7. The van der Waals surface area contributed by atoms with Crippen molar-refractivity contribution in [2.75, 3.05) is 13.1 Å². The summed E-state index contributed by atoms with van der Waals surface area (Å²) in [6, 6.07) is 3.01. The molecule has 0 aliphatic rings. The third-order valence-corrected chi connectivity index (χ3v) is 7.21. The van der Waals surface area contributed by atoms with Gasteiger partial charge < -0.3 is 54.0 Å². The van der Waals surface area contributed by atoms with Crippen LogP contribution in [0.15, 0.2) is 48.0 Å². The number of carboxylic acid groups (broad SMARTS) is 1. The number of hydrogen-bond donors (Lipinski definition) is 10. The molecule has 4 unspecified atom stereocenters. The van der Waals surface area contributed by atoms with Gasteiger partial charge in [-0.25, -0.2) is 9.78 Å². The molecule has 0 fully saturated rings. The molecule has 1 aromatic carbocycles. The molecular weight excluding hydrogens is 582 g/mol. The number of fused-ring (bicyclic) bond motifs is 1. The number of aliphatic imine (C=N–C) groups is 1. The number of benzene rings is 1. The molecule has 2 heterocycles. The van der Waals surface area contributed by atoms with Gasteiger partial charge in [0.05, 0.1) is 12.4 Å². The third kappa shape index (κ3) is 10.9. The van der Waals surface area contributed by atoms with Crippen molar-refractivity contribution >= 4 is 40.6 Å². The number of guanidine groups is 1. The highest BCUT2D eigenvalue weighted by Gasteiger charge is 2.31. The second-order valence-electron chi connectivity index (χ2n) is 10.7. The Balaban J connectivity index is 1.73. The van der Waals surface area contributed by atoms with Gasteiger partial charge in [0.25, 0.3) is 0 Å². The van der Waals surface area contributed by atoms with Crippen molar-refractivity contribution in [1.29, 1.82) is 0 Å². The van der Waals surface area contributed by atoms with E-state index in [-0.39, 0.29) is 31.6 Å². The van der Waals surface area contributed by atoms with Gasteiger partial charge in [-0.15, -0.1) is 0 Å². The van der Waals surface area contributed by atoms with Crippen LogP contribution in [-0.2, 0) is 32.0 Å². The summed E-state index contributed by atoms with van der Waals surface area (Å²) in [7, 11) is 0. The first-order chi connectivity index (χ1) is 21.6. The maximum absolute atomic E-state index is 13.5. The molecule has 16 nitrogen and oxygen atoms in total. The fourth-order valence-electron chi connectivity index (χ4n) is 4.78. The number of carbonyl (C=O) groups excluding carboxylic acids is 3. The summed E-state index contributed by atoms with van der Waals surface area (Å²) in [4.78, 5) is 66.0. The van der Waals surface area contributed by atoms with Crippen LogP contribution in [0, 0.1) is 0 Å². The Hall–Kier alpha value is -4.96. The Morgan fingerprint density at radius 3 is 2.29 bits per heavy atom. The number of hydrogen-bond acceptors (Lipinski definition) is 8. The summed E-state index contributed by atoms with van der Waals surface area (Å²) >= 11 is 0. The van der Waals surface area contributed by atoms with Crippen LogP contribution in [0.25, 0.3) is 10.9 Å². The quantitative estimate of drug-likeness (QED) is 0.0428. The summed E-state index contributed by atoms with van der Waals surface area (Å²) in [6.07, 6.45) is 6.73. The van der Waals surface area contributed by atoms with Gasteiger partial charge in [-0.2, -0.15) is 0 Å². The first-order valence-electron chi connectivity index (χ1n) is 14.8. The van der Waals surface area contributed by atoms with Crippen LogP contribution >= 0.6 is 0 Å². The standard InChI is InChI=1S/C29H43N11O5/c30-10-4-3-9-22(38-25(41)20(31)7-5-11-35-29(32)33)26(42)39-23(13-18-15-34-16-37-18)27(43)40-24(28(44)45)12-17-14-36-21-8-2-1-6-19(17)21/h1-2,6,8,14-16,20,22-24,36H,3-5,7,9-13,30-31H2,(H,34,37)(H,38,41)(H,39,42)(H,40,43)(H,44,45)(H4,32,33,35). The van der Waals surface area contributed by atoms with Crippen LogP contribution in [-0.4, -0.2) is 87.0 Å². The smallest absolute Gasteiger partial charge is 0.326 e. The van der Waals surface area contributed by atoms with Gasteiger partial charge in [0, 0.05) is 48.4 Å². The van der Waals surface area contributed by atoms with Crippen molar-refractivity contribution in [1.82, 2.24) is 30.9 Å². The molecule has 0 spiro atoms. The zero-order valence-corrected chi connectivity index (χ0v) is 25.0. The number of rotatable bonds is 19. The first-order valence-corrected chi connectivity index (χ1v) is 14.8. The normalized spacial score (nSPS) is 13.7. The van der Waals surface area contributed by atoms with Gasteiger partial charge in [0.2, 0.25) is 17.7 Å². The molecule has 3 amide bonds. The van der Waals surface area contributed by atoms with Crippen molar-refractivity contribution < 1.29 is 24.3 Å². The highest BCUT2D eigenvalue weighted by Crippen LogP contribution is 2.19. The van der Waals surface area contributed by atoms with E-state index in [0.29, 0.717) is 43.6 Å². The van der Waals surface area contributed by atoms with E-state index in [2.05, 4.69) is 35.9 Å². The molecule has 16 heteroatoms. The monoisotopic (exact) mass is 625 g/mol. The molecule has 0 aliphatic carbocycles. The van der Waals surface area contributed by atoms with E-state index in [1.807, 2.05) is 24.3 Å². The maximum Gasteiger partial charge on any atom is 0.326 e. The van der Waals surface area contributed by atoms with Crippen LogP contribution in [0.3, 0.4) is 0 Å². The average molecular weight is 626 g/mol. The molecule has 2 aromatic heterocycles. The number of H-pyrrole nitrogens is 2. The number of carbonyl (C=O) groups is 4. The lowest BCUT2D eigenvalue weighted by molar-refractivity contribution is -0.142. The summed E-state index contributed by atoms with van der Waals surface area (Å²) in [5.41, 5.74) is 24.4. The predicted molar refractivity (Wildman–Crippen MR) is 169 cm³/mol. The Labute approximate surface area is 260 Å². The van der Waals surface area contributed by atoms with Crippen LogP contribution in [0.5, 0.6) is 0 Å². The van der Waals surface area contributed by atoms with Crippen molar-refractivity contribution in [3.63, 3.8) is 0 Å². The Morgan fingerprint density at radius 2 is 1.60 bits per heavy atom. The van der Waals surface area contributed by atoms with Crippen molar-refractivity contribution in [2.45, 2.75) is 69.1 Å². The van der Waals surface area contributed by atoms with Gasteiger partial charge in [-0.05, 0) is 50.3 Å². The molecule has 0 aliphatic heterocycles. The van der Waals surface area contributed by atoms with Crippen LogP contribution in [0.2, 0.25) is 0 Å². The van der Waals surface area contributed by atoms with E-state index in [9.17, 15) is 24.3 Å². The van der Waals surface area contributed by atoms with E-state index < -0.39 is 47.9 Å². The first kappa shape index (κ1) is 34.5. The minimum absolute atomic E-state index is 0.00859. The Morgan fingerprint density at radius 1 is 0.889 bits per heavy atom. The Bertz CT molecular complexity index is 1440. The molecule has 244 valence electrons. The van der Waals surface area contributed by atoms with Gasteiger partial charge in [0.1, 0.15) is 18.1 Å². The highest BCUT2D eigenvalue weighted by molar-refractivity contribution is 5.94. The lowest BCUT2D eigenvalue weighted by Gasteiger charge is -2.25. The fraction of sp³-hybridized carbons (Fsp3) is 0.448. The number of nitrogens with two attached hydrogens (primary N) is 4. The number of aromatic nitrogens is 3. The van der Waals surface area contributed by atoms with Crippen LogP contribution < -0.4 is 38.9 Å². The lowest BCUT2D eigenvalue weighted by atomic mass is 10.0. The van der Waals surface area contributed by atoms with Crippen LogP contribution in [0.1, 0.15) is 43.4 Å². The number of aromatic amines is 2. The van der Waals surface area contributed by atoms with E-state index in [1.165, 1.54) is 12.5 Å². The van der Waals surface area contributed by atoms with Gasteiger partial charge in [-0.3, -0.25) is 19.4 Å². The van der Waals surface area contributed by atoms with E-state index in [4.69, 9.17) is 22.9 Å². The number of aliphatic carboxylic acids is 1. The maximum atomic E-state index is 13.5. The molecule has 4 atom stereocenters. The molecule has 3 rings (SSSR count). The minimum Gasteiger partial charge on any atom is -0.480 e. The Kier molecular flexibility index (Phi) is 13.3. The van der Waals surface area contributed by atoms with E-state index in [1.54, 1.807) is 6.20 Å². The van der Waals surface area contributed by atoms with E-state index in [0.717, 1.165) is 10.9 Å². The second kappa shape index (κ2) is 17.4. The molecule has 0 radical (unpaired) electrons. The summed E-state index contributed by atoms with van der Waals surface area (Å²) in [5.74, 6) is -3.19. The minimum atomic E-state index is -1.28. The van der Waals surface area contributed by atoms with E-state index >= 15 is 0 Å². The molecule has 0 saturated heterocycles. The van der Waals surface area contributed by atoms with Gasteiger partial charge in [0.15, 0.2) is 5.96 Å². The number of para-hydroxylation sites is 1. The van der Waals surface area contributed by atoms with Crippen molar-refractivity contribution in [3.8, 4) is 0 Å². The molecule has 14 N–H and O–H groups in total. The van der Waals surface area contributed by atoms with Crippen molar-refractivity contribution in [2.24, 2.45) is 27.9 Å². The summed E-state index contributed by atoms with van der Waals surface area (Å²) in [5, 5.41) is 18.7.